The third kappa shape index (κ3) is 4.33. The van der Waals surface area contributed by atoms with Gasteiger partial charge in [0.05, 0.1) is 5.25 Å². The third-order valence-electron chi connectivity index (χ3n) is 3.02. The average Bonchev–Trinajstić information content (AvgIpc) is 2.43. The molecule has 0 aliphatic heterocycles. The maximum Gasteiger partial charge on any atom is 0.253 e. The first kappa shape index (κ1) is 16.1. The van der Waals surface area contributed by atoms with E-state index in [9.17, 15) is 4.79 Å². The number of anilines is 1. The lowest BCUT2D eigenvalue weighted by Gasteiger charge is -2.22. The van der Waals surface area contributed by atoms with Gasteiger partial charge in [-0.15, -0.1) is 0 Å². The first-order valence-electron chi connectivity index (χ1n) is 6.54. The van der Waals surface area contributed by atoms with E-state index in [1.54, 1.807) is 0 Å². The molecule has 0 aliphatic rings. The Morgan fingerprint density at radius 3 is 2.81 bits per heavy atom. The van der Waals surface area contributed by atoms with Crippen molar-refractivity contribution < 1.29 is 0 Å². The number of nitrogens with zero attached hydrogens (tertiary/aromatic N) is 1. The first-order chi connectivity index (χ1) is 9.99. The maximum absolute atomic E-state index is 11.5. The van der Waals surface area contributed by atoms with Crippen LogP contribution in [0.5, 0.6) is 0 Å². The number of H-pyrrole nitrogens is 1. The van der Waals surface area contributed by atoms with Crippen LogP contribution in [0.1, 0.15) is 24.2 Å². The lowest BCUT2D eigenvalue weighted by molar-refractivity contribution is 0.632. The van der Waals surface area contributed by atoms with Crippen LogP contribution in [0.25, 0.3) is 0 Å². The Kier molecular flexibility index (Phi) is 5.44. The second-order valence-corrected chi connectivity index (χ2v) is 6.69. The van der Waals surface area contributed by atoms with Gasteiger partial charge in [0.1, 0.15) is 5.82 Å². The highest BCUT2D eigenvalue weighted by molar-refractivity contribution is 9.10. The van der Waals surface area contributed by atoms with Crippen molar-refractivity contribution in [2.45, 2.75) is 29.8 Å². The highest BCUT2D eigenvalue weighted by Gasteiger charge is 2.21. The molecule has 0 bridgehead atoms. The predicted molar refractivity (Wildman–Crippen MR) is 90.3 cm³/mol. The first-order valence-corrected chi connectivity index (χ1v) is 8.21. The second-order valence-electron chi connectivity index (χ2n) is 4.64. The third-order valence-corrected chi connectivity index (χ3v) is 4.80. The second kappa shape index (κ2) is 7.11. The van der Waals surface area contributed by atoms with E-state index in [4.69, 9.17) is 11.5 Å². The molecule has 0 amide bonds. The summed E-state index contributed by atoms with van der Waals surface area (Å²) in [6, 6.07) is 9.17. The molecule has 0 saturated heterocycles. The standard InChI is InChI=1S/C14H17BrN4OS/c1-2-10(16)13(8-4-3-5-9(15)6-8)21-14-18-11(17)7-12(20)19-14/h3-7,10,13H,2,16H2,1H3,(H3,17,18,19,20). The molecule has 21 heavy (non-hydrogen) atoms. The van der Waals surface area contributed by atoms with Gasteiger partial charge in [-0.2, -0.15) is 0 Å². The van der Waals surface area contributed by atoms with E-state index in [1.807, 2.05) is 31.2 Å². The molecular weight excluding hydrogens is 352 g/mol. The Morgan fingerprint density at radius 2 is 2.19 bits per heavy atom. The highest BCUT2D eigenvalue weighted by Crippen LogP contribution is 2.37. The molecule has 0 radical (unpaired) electrons. The molecule has 1 heterocycles. The lowest BCUT2D eigenvalue weighted by Crippen LogP contribution is -2.26. The smallest absolute Gasteiger partial charge is 0.253 e. The maximum atomic E-state index is 11.5. The molecule has 0 aliphatic carbocycles. The quantitative estimate of drug-likeness (QED) is 0.556. The number of rotatable bonds is 5. The minimum Gasteiger partial charge on any atom is -0.383 e. The molecule has 1 aromatic carbocycles. The van der Waals surface area contributed by atoms with Crippen LogP contribution in [-0.2, 0) is 0 Å². The van der Waals surface area contributed by atoms with Crippen molar-refractivity contribution in [1.29, 1.82) is 0 Å². The number of aromatic amines is 1. The summed E-state index contributed by atoms with van der Waals surface area (Å²) in [7, 11) is 0. The number of aromatic nitrogens is 2. The van der Waals surface area contributed by atoms with Gasteiger partial charge in [0.15, 0.2) is 5.16 Å². The number of nitrogen functional groups attached to an aromatic ring is 1. The van der Waals surface area contributed by atoms with Gasteiger partial charge in [0.25, 0.3) is 5.56 Å². The largest absolute Gasteiger partial charge is 0.383 e. The van der Waals surface area contributed by atoms with Gasteiger partial charge >= 0.3 is 0 Å². The van der Waals surface area contributed by atoms with Crippen molar-refractivity contribution in [3.8, 4) is 0 Å². The predicted octanol–water partition coefficient (Wildman–Crippen LogP) is 2.69. The molecule has 0 spiro atoms. The Hall–Kier alpha value is -1.31. The molecule has 2 rings (SSSR count). The fraction of sp³-hybridized carbons (Fsp3) is 0.286. The zero-order valence-corrected chi connectivity index (χ0v) is 13.9. The molecule has 2 aromatic rings. The van der Waals surface area contributed by atoms with Gasteiger partial charge in [-0.1, -0.05) is 46.7 Å². The van der Waals surface area contributed by atoms with Gasteiger partial charge in [0, 0.05) is 16.6 Å². The molecule has 1 aromatic heterocycles. The summed E-state index contributed by atoms with van der Waals surface area (Å²) in [5, 5.41) is 0.464. The zero-order chi connectivity index (χ0) is 15.4. The Labute approximate surface area is 135 Å². The fourth-order valence-corrected chi connectivity index (χ4v) is 3.55. The number of nitrogens with two attached hydrogens (primary N) is 2. The van der Waals surface area contributed by atoms with Crippen LogP contribution < -0.4 is 17.0 Å². The minimum atomic E-state index is -0.261. The number of thioether (sulfide) groups is 1. The molecule has 112 valence electrons. The monoisotopic (exact) mass is 368 g/mol. The van der Waals surface area contributed by atoms with E-state index in [0.29, 0.717) is 5.16 Å². The SMILES string of the molecule is CCC(N)C(Sc1nc(N)cc(=O)[nH]1)c1cccc(Br)c1. The van der Waals surface area contributed by atoms with Crippen molar-refractivity contribution in [2.75, 3.05) is 5.73 Å². The molecule has 2 atom stereocenters. The molecule has 0 fully saturated rings. The topological polar surface area (TPSA) is 97.8 Å². The van der Waals surface area contributed by atoms with Crippen LogP contribution in [0.4, 0.5) is 5.82 Å². The molecule has 0 saturated carbocycles. The Morgan fingerprint density at radius 1 is 1.43 bits per heavy atom. The van der Waals surface area contributed by atoms with Crippen molar-refractivity contribution in [1.82, 2.24) is 9.97 Å². The molecular formula is C14H17BrN4OS. The minimum absolute atomic E-state index is 0.0163. The fourth-order valence-electron chi connectivity index (χ4n) is 1.93. The summed E-state index contributed by atoms with van der Waals surface area (Å²) in [5.41, 5.74) is 12.7. The summed E-state index contributed by atoms with van der Waals surface area (Å²) in [6.07, 6.45) is 0.816. The van der Waals surface area contributed by atoms with Gasteiger partial charge in [-0.25, -0.2) is 4.98 Å². The van der Waals surface area contributed by atoms with E-state index in [2.05, 4.69) is 25.9 Å². The summed E-state index contributed by atoms with van der Waals surface area (Å²) in [5.74, 6) is 0.208. The molecule has 5 nitrogen and oxygen atoms in total. The van der Waals surface area contributed by atoms with Crippen LogP contribution in [0.15, 0.2) is 44.8 Å². The van der Waals surface area contributed by atoms with Crippen molar-refractivity contribution in [3.63, 3.8) is 0 Å². The van der Waals surface area contributed by atoms with Gasteiger partial charge in [-0.3, -0.25) is 4.79 Å². The van der Waals surface area contributed by atoms with Gasteiger partial charge in [-0.05, 0) is 24.1 Å². The Bertz CT molecular complexity index is 676. The van der Waals surface area contributed by atoms with Crippen LogP contribution in [0.3, 0.4) is 0 Å². The molecule has 2 unspecified atom stereocenters. The van der Waals surface area contributed by atoms with Crippen molar-refractivity contribution in [3.05, 3.63) is 50.7 Å². The summed E-state index contributed by atoms with van der Waals surface area (Å²) < 4.78 is 0.989. The lowest BCUT2D eigenvalue weighted by atomic mass is 10.0. The normalized spacial score (nSPS) is 13.9. The van der Waals surface area contributed by atoms with E-state index < -0.39 is 0 Å². The van der Waals surface area contributed by atoms with E-state index >= 15 is 0 Å². The highest BCUT2D eigenvalue weighted by atomic mass is 79.9. The molecule has 7 heteroatoms. The number of halogens is 1. The van der Waals surface area contributed by atoms with Crippen LogP contribution in [0.2, 0.25) is 0 Å². The zero-order valence-electron chi connectivity index (χ0n) is 11.5. The van der Waals surface area contributed by atoms with Crippen LogP contribution in [-0.4, -0.2) is 16.0 Å². The summed E-state index contributed by atoms with van der Waals surface area (Å²) >= 11 is 4.89. The van der Waals surface area contributed by atoms with Crippen LogP contribution in [0, 0.1) is 0 Å². The van der Waals surface area contributed by atoms with E-state index in [1.165, 1.54) is 17.8 Å². The number of hydrogen-bond donors (Lipinski definition) is 3. The van der Waals surface area contributed by atoms with Gasteiger partial charge < -0.3 is 16.5 Å². The number of hydrogen-bond acceptors (Lipinski definition) is 5. The summed E-state index contributed by atoms with van der Waals surface area (Å²) in [6.45, 7) is 2.03. The average molecular weight is 369 g/mol. The van der Waals surface area contributed by atoms with E-state index in [0.717, 1.165) is 16.5 Å². The summed E-state index contributed by atoms with van der Waals surface area (Å²) in [4.78, 5) is 18.3. The number of benzene rings is 1. The molecule has 5 N–H and O–H groups in total. The van der Waals surface area contributed by atoms with Crippen molar-refractivity contribution in [2.24, 2.45) is 5.73 Å². The van der Waals surface area contributed by atoms with E-state index in [-0.39, 0.29) is 22.7 Å². The number of nitrogens with one attached hydrogen (secondary N) is 1. The van der Waals surface area contributed by atoms with Crippen molar-refractivity contribution >= 4 is 33.5 Å². The van der Waals surface area contributed by atoms with Crippen LogP contribution >= 0.6 is 27.7 Å². The van der Waals surface area contributed by atoms with Gasteiger partial charge in [0.2, 0.25) is 0 Å². The Balaban J connectivity index is 2.35.